The van der Waals surface area contributed by atoms with Crippen LogP contribution in [0.25, 0.3) is 0 Å². The Morgan fingerprint density at radius 1 is 1.62 bits per heavy atom. The fourth-order valence-electron chi connectivity index (χ4n) is 1.26. The van der Waals surface area contributed by atoms with Crippen molar-refractivity contribution < 1.29 is 4.79 Å². The van der Waals surface area contributed by atoms with Gasteiger partial charge in [-0.3, -0.25) is 4.79 Å². The Morgan fingerprint density at radius 3 is 2.94 bits per heavy atom. The summed E-state index contributed by atoms with van der Waals surface area (Å²) in [6.45, 7) is 1.99. The Kier molecular flexibility index (Phi) is 5.25. The van der Waals surface area contributed by atoms with Crippen molar-refractivity contribution in [3.05, 3.63) is 27.7 Å². The molecule has 1 atom stereocenters. The highest BCUT2D eigenvalue weighted by Gasteiger charge is 2.13. The summed E-state index contributed by atoms with van der Waals surface area (Å²) < 4.78 is 0.858. The van der Waals surface area contributed by atoms with Crippen LogP contribution in [0.1, 0.15) is 19.8 Å². The molecule has 16 heavy (non-hydrogen) atoms. The van der Waals surface area contributed by atoms with Gasteiger partial charge >= 0.3 is 0 Å². The van der Waals surface area contributed by atoms with Gasteiger partial charge in [0.1, 0.15) is 0 Å². The Morgan fingerprint density at radius 2 is 2.31 bits per heavy atom. The Labute approximate surface area is 108 Å². The van der Waals surface area contributed by atoms with Crippen LogP contribution in [0.5, 0.6) is 0 Å². The highest BCUT2D eigenvalue weighted by Crippen LogP contribution is 2.25. The van der Waals surface area contributed by atoms with Gasteiger partial charge in [0, 0.05) is 4.47 Å². The molecular weight excluding hydrogens is 291 g/mol. The minimum atomic E-state index is -0.486. The number of benzene rings is 1. The first kappa shape index (κ1) is 13.5. The normalized spacial score (nSPS) is 12.2. The maximum Gasteiger partial charge on any atom is 0.241 e. The van der Waals surface area contributed by atoms with Crippen LogP contribution in [0.2, 0.25) is 5.02 Å². The standard InChI is InChI=1S/C11H14BrClN2O/c1-2-3-9(14)11(16)15-10-6-7(12)4-5-8(10)13/h4-6,9H,2-3,14H2,1H3,(H,15,16). The maximum absolute atomic E-state index is 11.7. The maximum atomic E-state index is 11.7. The molecule has 0 radical (unpaired) electrons. The minimum absolute atomic E-state index is 0.207. The lowest BCUT2D eigenvalue weighted by Crippen LogP contribution is -2.35. The monoisotopic (exact) mass is 304 g/mol. The van der Waals surface area contributed by atoms with E-state index in [1.165, 1.54) is 0 Å². The predicted molar refractivity (Wildman–Crippen MR) is 70.7 cm³/mol. The number of hydrogen-bond donors (Lipinski definition) is 2. The zero-order valence-corrected chi connectivity index (χ0v) is 11.3. The molecule has 3 nitrogen and oxygen atoms in total. The van der Waals surface area contributed by atoms with E-state index in [1.807, 2.05) is 13.0 Å². The second-order valence-corrected chi connectivity index (χ2v) is 4.83. The largest absolute Gasteiger partial charge is 0.323 e. The van der Waals surface area contributed by atoms with Gasteiger partial charge in [-0.1, -0.05) is 40.9 Å². The van der Waals surface area contributed by atoms with Crippen molar-refractivity contribution in [2.75, 3.05) is 5.32 Å². The molecule has 1 amide bonds. The topological polar surface area (TPSA) is 55.1 Å². The lowest BCUT2D eigenvalue weighted by Gasteiger charge is -2.12. The average Bonchev–Trinajstić information content (AvgIpc) is 2.23. The van der Waals surface area contributed by atoms with Crippen molar-refractivity contribution in [1.29, 1.82) is 0 Å². The van der Waals surface area contributed by atoms with Gasteiger partial charge in [0.25, 0.3) is 0 Å². The van der Waals surface area contributed by atoms with E-state index >= 15 is 0 Å². The summed E-state index contributed by atoms with van der Waals surface area (Å²) in [4.78, 5) is 11.7. The summed E-state index contributed by atoms with van der Waals surface area (Å²) in [6, 6.07) is 4.79. The first-order valence-corrected chi connectivity index (χ1v) is 6.23. The molecule has 0 saturated heterocycles. The third-order valence-electron chi connectivity index (χ3n) is 2.12. The first-order chi connectivity index (χ1) is 7.54. The minimum Gasteiger partial charge on any atom is -0.323 e. The molecule has 0 aliphatic rings. The molecule has 1 aromatic rings. The Balaban J connectivity index is 2.72. The van der Waals surface area contributed by atoms with Crippen molar-refractivity contribution >= 4 is 39.1 Å². The number of nitrogens with two attached hydrogens (primary N) is 1. The zero-order chi connectivity index (χ0) is 12.1. The van der Waals surface area contributed by atoms with E-state index in [0.717, 1.165) is 10.9 Å². The summed E-state index contributed by atoms with van der Waals surface area (Å²) in [7, 11) is 0. The molecule has 0 aliphatic carbocycles. The van der Waals surface area contributed by atoms with Crippen LogP contribution in [-0.2, 0) is 4.79 Å². The van der Waals surface area contributed by atoms with E-state index in [0.29, 0.717) is 17.1 Å². The van der Waals surface area contributed by atoms with Crippen molar-refractivity contribution in [3.8, 4) is 0 Å². The number of anilines is 1. The van der Waals surface area contributed by atoms with Crippen molar-refractivity contribution in [3.63, 3.8) is 0 Å². The third-order valence-corrected chi connectivity index (χ3v) is 2.95. The van der Waals surface area contributed by atoms with E-state index in [1.54, 1.807) is 12.1 Å². The Hall–Kier alpha value is -0.580. The average molecular weight is 306 g/mol. The van der Waals surface area contributed by atoms with Gasteiger partial charge in [-0.25, -0.2) is 0 Å². The van der Waals surface area contributed by atoms with Gasteiger partial charge in [-0.2, -0.15) is 0 Å². The lowest BCUT2D eigenvalue weighted by atomic mass is 10.1. The smallest absolute Gasteiger partial charge is 0.241 e. The zero-order valence-electron chi connectivity index (χ0n) is 8.97. The fraction of sp³-hybridized carbons (Fsp3) is 0.364. The van der Waals surface area contributed by atoms with Gasteiger partial charge < -0.3 is 11.1 Å². The van der Waals surface area contributed by atoms with Gasteiger partial charge in [-0.05, 0) is 24.6 Å². The van der Waals surface area contributed by atoms with E-state index in [-0.39, 0.29) is 5.91 Å². The second kappa shape index (κ2) is 6.23. The summed E-state index contributed by atoms with van der Waals surface area (Å²) in [6.07, 6.45) is 1.54. The van der Waals surface area contributed by atoms with Gasteiger partial charge in [0.15, 0.2) is 0 Å². The molecule has 1 unspecified atom stereocenters. The van der Waals surface area contributed by atoms with E-state index in [4.69, 9.17) is 17.3 Å². The van der Waals surface area contributed by atoms with Gasteiger partial charge in [-0.15, -0.1) is 0 Å². The summed E-state index contributed by atoms with van der Waals surface area (Å²) in [5, 5.41) is 3.21. The van der Waals surface area contributed by atoms with Crippen molar-refractivity contribution in [1.82, 2.24) is 0 Å². The number of halogens is 2. The fourth-order valence-corrected chi connectivity index (χ4v) is 1.79. The van der Waals surface area contributed by atoms with Crippen molar-refractivity contribution in [2.45, 2.75) is 25.8 Å². The molecule has 0 aromatic heterocycles. The van der Waals surface area contributed by atoms with Gasteiger partial charge in [0.05, 0.1) is 16.8 Å². The number of hydrogen-bond acceptors (Lipinski definition) is 2. The highest BCUT2D eigenvalue weighted by molar-refractivity contribution is 9.10. The molecular formula is C11H14BrClN2O. The highest BCUT2D eigenvalue weighted by atomic mass is 79.9. The first-order valence-electron chi connectivity index (χ1n) is 5.06. The third kappa shape index (κ3) is 3.77. The summed E-state index contributed by atoms with van der Waals surface area (Å²) in [5.41, 5.74) is 6.27. The van der Waals surface area contributed by atoms with E-state index < -0.39 is 6.04 Å². The van der Waals surface area contributed by atoms with Crippen LogP contribution in [0.15, 0.2) is 22.7 Å². The van der Waals surface area contributed by atoms with E-state index in [2.05, 4.69) is 21.2 Å². The second-order valence-electron chi connectivity index (χ2n) is 3.51. The number of rotatable bonds is 4. The van der Waals surface area contributed by atoms with Crippen LogP contribution in [0.3, 0.4) is 0 Å². The molecule has 0 fully saturated rings. The Bertz CT molecular complexity index is 384. The lowest BCUT2D eigenvalue weighted by molar-refractivity contribution is -0.117. The van der Waals surface area contributed by atoms with Crippen LogP contribution in [0, 0.1) is 0 Å². The molecule has 0 saturated carbocycles. The molecule has 1 aromatic carbocycles. The number of nitrogens with one attached hydrogen (secondary N) is 1. The molecule has 0 spiro atoms. The van der Waals surface area contributed by atoms with Crippen molar-refractivity contribution in [2.24, 2.45) is 5.73 Å². The van der Waals surface area contributed by atoms with Gasteiger partial charge in [0.2, 0.25) is 5.91 Å². The number of carbonyl (C=O) groups excluding carboxylic acids is 1. The van der Waals surface area contributed by atoms with Crippen LogP contribution >= 0.6 is 27.5 Å². The molecule has 88 valence electrons. The molecule has 0 aliphatic heterocycles. The molecule has 0 heterocycles. The molecule has 0 bridgehead atoms. The molecule has 5 heteroatoms. The SMILES string of the molecule is CCCC(N)C(=O)Nc1cc(Br)ccc1Cl. The number of carbonyl (C=O) groups is 1. The molecule has 3 N–H and O–H groups in total. The summed E-state index contributed by atoms with van der Waals surface area (Å²) in [5.74, 6) is -0.207. The molecule has 1 rings (SSSR count). The summed E-state index contributed by atoms with van der Waals surface area (Å²) >= 11 is 9.26. The van der Waals surface area contributed by atoms with Crippen LogP contribution in [-0.4, -0.2) is 11.9 Å². The van der Waals surface area contributed by atoms with E-state index in [9.17, 15) is 4.79 Å². The predicted octanol–water partition coefficient (Wildman–Crippen LogP) is 3.17. The quantitative estimate of drug-likeness (QED) is 0.897. The van der Waals surface area contributed by atoms with Crippen LogP contribution < -0.4 is 11.1 Å². The van der Waals surface area contributed by atoms with Crippen LogP contribution in [0.4, 0.5) is 5.69 Å². The number of amides is 1.